The Labute approximate surface area is 140 Å². The van der Waals surface area contributed by atoms with Crippen LogP contribution in [0.3, 0.4) is 0 Å². The van der Waals surface area contributed by atoms with E-state index in [0.29, 0.717) is 0 Å². The van der Waals surface area contributed by atoms with E-state index >= 15 is 0 Å². The summed E-state index contributed by atoms with van der Waals surface area (Å²) in [4.78, 5) is 24.0. The summed E-state index contributed by atoms with van der Waals surface area (Å²) in [5.41, 5.74) is -3.58. The molecule has 1 heterocycles. The van der Waals surface area contributed by atoms with Crippen molar-refractivity contribution in [2.45, 2.75) is 31.2 Å². The number of carbonyl (C=O) groups excluding carboxylic acids is 2. The lowest BCUT2D eigenvalue weighted by Gasteiger charge is -2.44. The van der Waals surface area contributed by atoms with Gasteiger partial charge in [0, 0.05) is 17.4 Å². The SMILES string of the molecule is CCOC(=O)C1C(c2ccccc2Cl)CC(=O)NC1(O)C(F)(F)F. The molecule has 0 bridgehead atoms. The monoisotopic (exact) mass is 365 g/mol. The minimum absolute atomic E-state index is 0.0935. The Bertz CT molecular complexity index is 652. The number of halogens is 4. The maximum absolute atomic E-state index is 13.4. The third kappa shape index (κ3) is 3.21. The van der Waals surface area contributed by atoms with E-state index in [4.69, 9.17) is 16.3 Å². The van der Waals surface area contributed by atoms with Gasteiger partial charge in [-0.3, -0.25) is 9.59 Å². The lowest BCUT2D eigenvalue weighted by Crippen LogP contribution is -2.69. The van der Waals surface area contributed by atoms with Gasteiger partial charge in [-0.25, -0.2) is 0 Å². The van der Waals surface area contributed by atoms with E-state index in [2.05, 4.69) is 0 Å². The van der Waals surface area contributed by atoms with Crippen molar-refractivity contribution in [3.8, 4) is 0 Å². The molecule has 0 aromatic heterocycles. The zero-order valence-corrected chi connectivity index (χ0v) is 13.3. The Hall–Kier alpha value is -1.80. The van der Waals surface area contributed by atoms with Gasteiger partial charge in [0.25, 0.3) is 0 Å². The van der Waals surface area contributed by atoms with Crippen molar-refractivity contribution >= 4 is 23.5 Å². The highest BCUT2D eigenvalue weighted by Gasteiger charge is 2.67. The van der Waals surface area contributed by atoms with Crippen molar-refractivity contribution in [2.75, 3.05) is 6.61 Å². The zero-order valence-electron chi connectivity index (χ0n) is 12.6. The van der Waals surface area contributed by atoms with Gasteiger partial charge in [0.15, 0.2) is 0 Å². The molecule has 3 unspecified atom stereocenters. The summed E-state index contributed by atoms with van der Waals surface area (Å²) >= 11 is 6.01. The molecule has 0 radical (unpaired) electrons. The van der Waals surface area contributed by atoms with Crippen LogP contribution in [0.4, 0.5) is 13.2 Å². The topological polar surface area (TPSA) is 75.6 Å². The summed E-state index contributed by atoms with van der Waals surface area (Å²) in [6.45, 7) is 1.25. The van der Waals surface area contributed by atoms with Crippen molar-refractivity contribution in [1.29, 1.82) is 0 Å². The van der Waals surface area contributed by atoms with E-state index in [1.165, 1.54) is 30.4 Å². The van der Waals surface area contributed by atoms with Gasteiger partial charge < -0.3 is 15.2 Å². The molecule has 9 heteroatoms. The molecule has 5 nitrogen and oxygen atoms in total. The van der Waals surface area contributed by atoms with Gasteiger partial charge in [0.1, 0.15) is 5.92 Å². The first kappa shape index (κ1) is 18.5. The summed E-state index contributed by atoms with van der Waals surface area (Å²) in [5, 5.41) is 11.7. The second-order valence-corrected chi connectivity index (χ2v) is 5.78. The van der Waals surface area contributed by atoms with E-state index < -0.39 is 42.0 Å². The summed E-state index contributed by atoms with van der Waals surface area (Å²) in [7, 11) is 0. The normalized spacial score (nSPS) is 27.5. The summed E-state index contributed by atoms with van der Waals surface area (Å²) in [6.07, 6.45) is -5.72. The zero-order chi connectivity index (χ0) is 18.1. The molecule has 2 rings (SSSR count). The summed E-state index contributed by atoms with van der Waals surface area (Å²) in [5.74, 6) is -5.66. The van der Waals surface area contributed by atoms with Crippen molar-refractivity contribution < 1.29 is 32.6 Å². The summed E-state index contributed by atoms with van der Waals surface area (Å²) < 4.78 is 45.0. The third-order valence-corrected chi connectivity index (χ3v) is 4.21. The highest BCUT2D eigenvalue weighted by atomic mass is 35.5. The van der Waals surface area contributed by atoms with Crippen LogP contribution in [0.1, 0.15) is 24.8 Å². The van der Waals surface area contributed by atoms with Gasteiger partial charge in [-0.2, -0.15) is 13.2 Å². The lowest BCUT2D eigenvalue weighted by molar-refractivity contribution is -0.296. The number of esters is 1. The molecule has 1 saturated heterocycles. The number of nitrogens with one attached hydrogen (secondary N) is 1. The van der Waals surface area contributed by atoms with Crippen molar-refractivity contribution in [2.24, 2.45) is 5.92 Å². The number of hydrogen-bond acceptors (Lipinski definition) is 4. The molecule has 1 aromatic carbocycles. The lowest BCUT2D eigenvalue weighted by atomic mass is 9.74. The predicted octanol–water partition coefficient (Wildman–Crippen LogP) is 2.37. The Morgan fingerprint density at radius 3 is 2.62 bits per heavy atom. The quantitative estimate of drug-likeness (QED) is 0.806. The number of benzene rings is 1. The molecule has 1 aliphatic rings. The number of ether oxygens (including phenoxy) is 1. The fourth-order valence-corrected chi connectivity index (χ4v) is 3.11. The fraction of sp³-hybridized carbons (Fsp3) is 0.467. The third-order valence-electron chi connectivity index (χ3n) is 3.87. The standard InChI is InChI=1S/C15H15ClF3NO4/c1-2-24-13(22)12-9(8-5-3-4-6-10(8)16)7-11(21)20-14(12,23)15(17,18)19/h3-6,9,12,23H,2,7H2,1H3,(H,20,21). The fourth-order valence-electron chi connectivity index (χ4n) is 2.83. The molecular formula is C15H15ClF3NO4. The molecule has 1 aromatic rings. The predicted molar refractivity (Wildman–Crippen MR) is 78.1 cm³/mol. The molecule has 1 amide bonds. The van der Waals surface area contributed by atoms with E-state index in [-0.39, 0.29) is 17.2 Å². The van der Waals surface area contributed by atoms with Gasteiger partial charge in [-0.05, 0) is 18.6 Å². The molecule has 1 fully saturated rings. The van der Waals surface area contributed by atoms with Crippen LogP contribution in [0.5, 0.6) is 0 Å². The number of aliphatic hydroxyl groups is 1. The Morgan fingerprint density at radius 1 is 1.46 bits per heavy atom. The Kier molecular flexibility index (Phi) is 5.10. The first-order valence-corrected chi connectivity index (χ1v) is 7.50. The van der Waals surface area contributed by atoms with Gasteiger partial charge in [0.05, 0.1) is 6.61 Å². The van der Waals surface area contributed by atoms with E-state index in [0.717, 1.165) is 0 Å². The first-order valence-electron chi connectivity index (χ1n) is 7.13. The molecule has 3 atom stereocenters. The van der Waals surface area contributed by atoms with Crippen molar-refractivity contribution in [3.05, 3.63) is 34.9 Å². The van der Waals surface area contributed by atoms with Crippen LogP contribution < -0.4 is 5.32 Å². The van der Waals surface area contributed by atoms with E-state index in [9.17, 15) is 27.9 Å². The van der Waals surface area contributed by atoms with E-state index in [1.807, 2.05) is 0 Å². The molecule has 2 N–H and O–H groups in total. The first-order chi connectivity index (χ1) is 11.1. The van der Waals surface area contributed by atoms with Gasteiger partial charge in [-0.1, -0.05) is 29.8 Å². The molecule has 0 saturated carbocycles. The van der Waals surface area contributed by atoms with E-state index in [1.54, 1.807) is 6.07 Å². The number of hydrogen-bond donors (Lipinski definition) is 2. The van der Waals surface area contributed by atoms with Crippen molar-refractivity contribution in [3.63, 3.8) is 0 Å². The van der Waals surface area contributed by atoms with Crippen LogP contribution in [0.2, 0.25) is 5.02 Å². The number of rotatable bonds is 3. The Balaban J connectivity index is 2.60. The second kappa shape index (κ2) is 6.60. The number of carbonyl (C=O) groups is 2. The van der Waals surface area contributed by atoms with Gasteiger partial charge in [-0.15, -0.1) is 0 Å². The Morgan fingerprint density at radius 2 is 2.08 bits per heavy atom. The van der Waals surface area contributed by atoms with Crippen LogP contribution in [-0.4, -0.2) is 35.5 Å². The molecular weight excluding hydrogens is 351 g/mol. The number of piperidine rings is 1. The maximum Gasteiger partial charge on any atom is 0.437 e. The molecule has 132 valence electrons. The van der Waals surface area contributed by atoms with Crippen LogP contribution in [0, 0.1) is 5.92 Å². The number of amides is 1. The van der Waals surface area contributed by atoms with Gasteiger partial charge in [0.2, 0.25) is 11.6 Å². The smallest absolute Gasteiger partial charge is 0.437 e. The second-order valence-electron chi connectivity index (χ2n) is 5.37. The minimum Gasteiger partial charge on any atom is -0.466 e. The van der Waals surface area contributed by atoms with Crippen LogP contribution in [0.15, 0.2) is 24.3 Å². The highest BCUT2D eigenvalue weighted by molar-refractivity contribution is 6.31. The average Bonchev–Trinajstić information content (AvgIpc) is 2.45. The average molecular weight is 366 g/mol. The van der Waals surface area contributed by atoms with Crippen molar-refractivity contribution in [1.82, 2.24) is 5.32 Å². The molecule has 1 aliphatic heterocycles. The maximum atomic E-state index is 13.4. The molecule has 24 heavy (non-hydrogen) atoms. The number of alkyl halides is 3. The highest BCUT2D eigenvalue weighted by Crippen LogP contribution is 2.47. The minimum atomic E-state index is -5.28. The molecule has 0 spiro atoms. The molecule has 0 aliphatic carbocycles. The largest absolute Gasteiger partial charge is 0.466 e. The summed E-state index contributed by atoms with van der Waals surface area (Å²) in [6, 6.07) is 5.92. The van der Waals surface area contributed by atoms with Crippen LogP contribution in [0.25, 0.3) is 0 Å². The van der Waals surface area contributed by atoms with Crippen LogP contribution >= 0.6 is 11.6 Å². The van der Waals surface area contributed by atoms with Gasteiger partial charge >= 0.3 is 12.1 Å². The van der Waals surface area contributed by atoms with Crippen LogP contribution in [-0.2, 0) is 14.3 Å².